The minimum Gasteiger partial charge on any atom is -1.00 e. The van der Waals surface area contributed by atoms with Crippen molar-refractivity contribution in [2.45, 2.75) is 6.92 Å². The van der Waals surface area contributed by atoms with E-state index in [1.165, 1.54) is 5.30 Å². The Kier molecular flexibility index (Phi) is 3.96. The van der Waals surface area contributed by atoms with E-state index in [0.29, 0.717) is 0 Å². The van der Waals surface area contributed by atoms with E-state index in [2.05, 4.69) is 18.8 Å². The molecule has 0 aromatic carbocycles. The van der Waals surface area contributed by atoms with E-state index in [9.17, 15) is 0 Å². The third kappa shape index (κ3) is 2.46. The molecule has 0 N–H and O–H groups in total. The van der Waals surface area contributed by atoms with Crippen molar-refractivity contribution < 1.29 is 28.7 Å². The smallest absolute Gasteiger partial charge is 1.00 e. The first kappa shape index (κ1) is 7.65. The Bertz CT molecular complexity index is 119. The zero-order valence-electron chi connectivity index (χ0n) is 6.23. The summed E-state index contributed by atoms with van der Waals surface area (Å²) in [6, 6.07) is 5.05. The summed E-state index contributed by atoms with van der Waals surface area (Å²) >= 11 is 0. The van der Waals surface area contributed by atoms with Gasteiger partial charge in [-0.05, 0) is 0 Å². The van der Waals surface area contributed by atoms with Crippen molar-refractivity contribution >= 4 is 8.19 Å². The Balaban J connectivity index is -0.000000120. The minimum atomic E-state index is 0. The molecule has 1 unspecified atom stereocenters. The largest absolute Gasteiger partial charge is 3.00 e. The number of aryl methyl sites for hydroxylation is 1. The van der Waals surface area contributed by atoms with Gasteiger partial charge in [0, 0.05) is 0 Å². The summed E-state index contributed by atoms with van der Waals surface area (Å²) in [7, 11) is 0.907. The topological polar surface area (TPSA) is 0 Å². The van der Waals surface area contributed by atoms with E-state index < -0.39 is 0 Å². The van der Waals surface area contributed by atoms with Gasteiger partial charge in [0.1, 0.15) is 0 Å². The second kappa shape index (κ2) is 3.63. The van der Waals surface area contributed by atoms with Gasteiger partial charge in [-0.3, -0.25) is 0 Å². The van der Waals surface area contributed by atoms with Crippen LogP contribution in [-0.4, -0.2) is 0 Å². The zero-order valence-corrected chi connectivity index (χ0v) is 7.04. The van der Waals surface area contributed by atoms with E-state index in [1.54, 1.807) is 0 Å². The quantitative estimate of drug-likeness (QED) is 0.489. The molecule has 7 heavy (non-hydrogen) atoms. The van der Waals surface area contributed by atoms with Crippen LogP contribution in [0.4, 0.5) is 0 Å². The predicted octanol–water partition coefficient (Wildman–Crippen LogP) is 2.05. The van der Waals surface area contributed by atoms with Crippen LogP contribution in [0.2, 0.25) is 0 Å². The summed E-state index contributed by atoms with van der Waals surface area (Å²) in [5.74, 6) is 2.13. The van der Waals surface area contributed by atoms with E-state index >= 15 is 0 Å². The second-order valence-electron chi connectivity index (χ2n) is 1.25. The summed E-state index contributed by atoms with van der Waals surface area (Å²) in [4.78, 5) is 0. The van der Waals surface area contributed by atoms with Gasteiger partial charge in [0.25, 0.3) is 0 Å². The summed E-state index contributed by atoms with van der Waals surface area (Å²) in [6.07, 6.45) is 0. The Morgan fingerprint density at radius 3 is 2.71 bits per heavy atom. The normalized spacial score (nSPS) is 8.71. The molecule has 1 aromatic rings. The van der Waals surface area contributed by atoms with Crippen molar-refractivity contribution in [3.8, 4) is 0 Å². The molecule has 0 aliphatic rings. The first-order valence-electron chi connectivity index (χ1n) is 1.91. The Hall–Kier alpha value is 0.650. The van der Waals surface area contributed by atoms with E-state index in [-0.39, 0.29) is 28.7 Å². The Morgan fingerprint density at radius 1 is 1.86 bits per heavy atom. The van der Waals surface area contributed by atoms with Crippen molar-refractivity contribution in [1.29, 1.82) is 0 Å². The summed E-state index contributed by atoms with van der Waals surface area (Å²) in [5, 5.41) is 1.37. The van der Waals surface area contributed by atoms with Gasteiger partial charge >= 0.3 is 25.8 Å². The van der Waals surface area contributed by atoms with Crippen LogP contribution in [0.1, 0.15) is 8.15 Å². The fourth-order valence-corrected chi connectivity index (χ4v) is 0.958. The van der Waals surface area contributed by atoms with Crippen LogP contribution in [0.25, 0.3) is 0 Å². The molecule has 0 aliphatic carbocycles. The van der Waals surface area contributed by atoms with Gasteiger partial charge in [-0.2, -0.15) is 5.80 Å². The SMILES string of the molecule is Cc1[c-]cc[pH]1.[H-].[H-].[Sc+3]. The van der Waals surface area contributed by atoms with Crippen LogP contribution in [-0.2, 0) is 25.8 Å². The number of hydrogen-bond acceptors (Lipinski definition) is 0. The maximum Gasteiger partial charge on any atom is 3.00 e. The first-order chi connectivity index (χ1) is 2.89. The summed E-state index contributed by atoms with van der Waals surface area (Å²) < 4.78 is 0. The fraction of sp³-hybridized carbons (Fsp3) is 0.200. The molecule has 0 saturated carbocycles. The summed E-state index contributed by atoms with van der Waals surface area (Å²) in [5.41, 5.74) is 0. The predicted molar refractivity (Wildman–Crippen MR) is 31.7 cm³/mol. The average molecular weight is 144 g/mol. The van der Waals surface area contributed by atoms with Crippen molar-refractivity contribution in [2.24, 2.45) is 0 Å². The molecule has 0 amide bonds. The molecule has 1 rings (SSSR count). The van der Waals surface area contributed by atoms with Crippen LogP contribution >= 0.6 is 8.19 Å². The van der Waals surface area contributed by atoms with Gasteiger partial charge in [-0.1, -0.05) is 6.92 Å². The van der Waals surface area contributed by atoms with Gasteiger partial charge in [0.2, 0.25) is 0 Å². The molecule has 0 fully saturated rings. The zero-order chi connectivity index (χ0) is 4.41. The number of hydrogen-bond donors (Lipinski definition) is 0. The van der Waals surface area contributed by atoms with Gasteiger partial charge in [0.05, 0.1) is 0 Å². The van der Waals surface area contributed by atoms with Crippen molar-refractivity contribution in [3.63, 3.8) is 0 Å². The maximum absolute atomic E-state index is 3.07. The van der Waals surface area contributed by atoms with Crippen LogP contribution in [0.3, 0.4) is 0 Å². The molecule has 0 bridgehead atoms. The van der Waals surface area contributed by atoms with Crippen LogP contribution in [0.15, 0.2) is 11.9 Å². The monoisotopic (exact) mass is 144 g/mol. The van der Waals surface area contributed by atoms with Crippen LogP contribution in [0.5, 0.6) is 0 Å². The second-order valence-corrected chi connectivity index (χ2v) is 2.62. The van der Waals surface area contributed by atoms with Gasteiger partial charge in [0.15, 0.2) is 0 Å². The third-order valence-electron chi connectivity index (χ3n) is 0.683. The van der Waals surface area contributed by atoms with Crippen molar-refractivity contribution in [3.05, 3.63) is 23.2 Å². The Morgan fingerprint density at radius 2 is 2.57 bits per heavy atom. The molecule has 0 radical (unpaired) electrons. The molecule has 1 atom stereocenters. The molecule has 0 saturated heterocycles. The van der Waals surface area contributed by atoms with Gasteiger partial charge < -0.3 is 2.85 Å². The average Bonchev–Trinajstić information content (AvgIpc) is 1.86. The minimum absolute atomic E-state index is 0. The molecule has 0 spiro atoms. The molecule has 0 nitrogen and oxygen atoms in total. The van der Waals surface area contributed by atoms with Crippen molar-refractivity contribution in [1.82, 2.24) is 0 Å². The van der Waals surface area contributed by atoms with E-state index in [4.69, 9.17) is 0 Å². The molecule has 1 heterocycles. The van der Waals surface area contributed by atoms with Gasteiger partial charge in [-0.25, -0.2) is 20.3 Å². The standard InChI is InChI=1S/C5H6P.Sc.2H/c1-5-3-2-4-6-5;;;/h2,4,6H,1H3;;;/q-1;+3;2*-1. The van der Waals surface area contributed by atoms with Gasteiger partial charge in [-0.15, -0.1) is 5.30 Å². The molecular weight excluding hydrogens is 136 g/mol. The van der Waals surface area contributed by atoms with E-state index in [1.807, 2.05) is 6.07 Å². The molecule has 1 aromatic heterocycles. The molecule has 0 aliphatic heterocycles. The third-order valence-corrected chi connectivity index (χ3v) is 1.59. The molecule has 2 heteroatoms. The Labute approximate surface area is 67.2 Å². The maximum atomic E-state index is 3.07. The first-order valence-corrected chi connectivity index (χ1v) is 2.99. The van der Waals surface area contributed by atoms with Crippen LogP contribution in [0, 0.1) is 13.0 Å². The number of rotatable bonds is 0. The van der Waals surface area contributed by atoms with Crippen molar-refractivity contribution in [2.75, 3.05) is 0 Å². The summed E-state index contributed by atoms with van der Waals surface area (Å²) in [6.45, 7) is 2.10. The fourth-order valence-electron chi connectivity index (χ4n) is 0.375. The van der Waals surface area contributed by atoms with E-state index in [0.717, 1.165) is 8.19 Å². The molecule has 36 valence electrons. The van der Waals surface area contributed by atoms with Crippen LogP contribution < -0.4 is 0 Å². The molecular formula is C5H8PSc.